The summed E-state index contributed by atoms with van der Waals surface area (Å²) in [4.78, 5) is 42.4. The Morgan fingerprint density at radius 3 is 2.24 bits per heavy atom. The zero-order valence-corrected chi connectivity index (χ0v) is 19.1. The average Bonchev–Trinajstić information content (AvgIpc) is 2.83. The lowest BCUT2D eigenvalue weighted by atomic mass is 10.1. The molecule has 0 radical (unpaired) electrons. The van der Waals surface area contributed by atoms with Crippen molar-refractivity contribution in [3.05, 3.63) is 51.9 Å². The summed E-state index contributed by atoms with van der Waals surface area (Å²) in [7, 11) is 4.37. The van der Waals surface area contributed by atoms with Gasteiger partial charge >= 0.3 is 5.97 Å². The lowest BCUT2D eigenvalue weighted by molar-refractivity contribution is 0.0524. The number of benzene rings is 1. The first-order valence-corrected chi connectivity index (χ1v) is 10.2. The Balaban J connectivity index is 2.03. The molecular weight excluding hydrogens is 430 g/mol. The van der Waals surface area contributed by atoms with Crippen LogP contribution in [-0.4, -0.2) is 49.4 Å². The van der Waals surface area contributed by atoms with Crippen LogP contribution in [0.5, 0.6) is 17.2 Å². The van der Waals surface area contributed by atoms with Crippen molar-refractivity contribution in [3.8, 4) is 17.2 Å². The highest BCUT2D eigenvalue weighted by Gasteiger charge is 2.19. The molecule has 0 unspecified atom stereocenters. The molecule has 3 aromatic rings. The van der Waals surface area contributed by atoms with Gasteiger partial charge in [0.2, 0.25) is 11.2 Å². The van der Waals surface area contributed by atoms with Gasteiger partial charge in [-0.2, -0.15) is 0 Å². The number of methoxy groups -OCH3 is 3. The van der Waals surface area contributed by atoms with Crippen molar-refractivity contribution in [2.24, 2.45) is 0 Å². The molecule has 1 aromatic carbocycles. The van der Waals surface area contributed by atoms with Crippen LogP contribution in [0.2, 0.25) is 0 Å². The maximum absolute atomic E-state index is 12.9. The lowest BCUT2D eigenvalue weighted by Crippen LogP contribution is -2.21. The van der Waals surface area contributed by atoms with Crippen LogP contribution in [0.3, 0.4) is 0 Å². The van der Waals surface area contributed by atoms with E-state index in [1.165, 1.54) is 51.9 Å². The number of hydrogen-bond donors (Lipinski definition) is 1. The maximum Gasteiger partial charge on any atom is 0.343 e. The second kappa shape index (κ2) is 10.0. The molecule has 0 fully saturated rings. The molecule has 1 N–H and O–H groups in total. The number of hydrogen-bond acceptors (Lipinski definition) is 8. The Hall–Kier alpha value is -4.08. The quantitative estimate of drug-likeness (QED) is 0.515. The highest BCUT2D eigenvalue weighted by Crippen LogP contribution is 2.38. The van der Waals surface area contributed by atoms with E-state index in [2.05, 4.69) is 10.3 Å². The van der Waals surface area contributed by atoms with E-state index in [0.717, 1.165) is 0 Å². The number of pyridine rings is 2. The summed E-state index contributed by atoms with van der Waals surface area (Å²) < 4.78 is 22.5. The predicted octanol–water partition coefficient (Wildman–Crippen LogP) is 2.87. The number of carbonyl (C=O) groups is 2. The van der Waals surface area contributed by atoms with Crippen LogP contribution in [-0.2, 0) is 11.3 Å². The molecule has 3 rings (SSSR count). The van der Waals surface area contributed by atoms with E-state index in [-0.39, 0.29) is 28.8 Å². The zero-order valence-electron chi connectivity index (χ0n) is 19.1. The zero-order chi connectivity index (χ0) is 24.1. The van der Waals surface area contributed by atoms with Crippen LogP contribution in [0, 0.1) is 0 Å². The van der Waals surface area contributed by atoms with Gasteiger partial charge in [0.1, 0.15) is 11.2 Å². The van der Waals surface area contributed by atoms with E-state index in [9.17, 15) is 14.4 Å². The van der Waals surface area contributed by atoms with E-state index in [0.29, 0.717) is 29.4 Å². The number of amides is 1. The van der Waals surface area contributed by atoms with E-state index in [1.807, 2.05) is 6.92 Å². The molecule has 0 saturated carbocycles. The normalized spacial score (nSPS) is 10.6. The third kappa shape index (κ3) is 4.59. The summed E-state index contributed by atoms with van der Waals surface area (Å²) in [5.41, 5.74) is 0.296. The van der Waals surface area contributed by atoms with E-state index in [1.54, 1.807) is 11.5 Å². The molecule has 0 aliphatic rings. The lowest BCUT2D eigenvalue weighted by Gasteiger charge is -2.14. The summed E-state index contributed by atoms with van der Waals surface area (Å²) >= 11 is 0. The second-order valence-electron chi connectivity index (χ2n) is 6.84. The molecule has 2 heterocycles. The largest absolute Gasteiger partial charge is 0.493 e. The predicted molar refractivity (Wildman–Crippen MR) is 122 cm³/mol. The Bertz CT molecular complexity index is 1240. The van der Waals surface area contributed by atoms with Gasteiger partial charge in [-0.25, -0.2) is 9.78 Å². The number of esters is 1. The van der Waals surface area contributed by atoms with Crippen molar-refractivity contribution in [3.63, 3.8) is 0 Å². The SMILES string of the molecule is CCOC(=O)c1cn(CC)c2ncc(NC(=O)c3cc(OC)c(OC)c(OC)c3)cc2c1=O. The molecule has 33 heavy (non-hydrogen) atoms. The van der Waals surface area contributed by atoms with Crippen molar-refractivity contribution < 1.29 is 28.5 Å². The molecule has 10 nitrogen and oxygen atoms in total. The topological polar surface area (TPSA) is 118 Å². The number of fused-ring (bicyclic) bond motifs is 1. The molecule has 0 aliphatic carbocycles. The molecule has 2 aromatic heterocycles. The molecule has 0 saturated heterocycles. The van der Waals surface area contributed by atoms with Crippen molar-refractivity contribution >= 4 is 28.6 Å². The fourth-order valence-corrected chi connectivity index (χ4v) is 3.35. The first-order chi connectivity index (χ1) is 15.9. The van der Waals surface area contributed by atoms with Crippen LogP contribution < -0.4 is 25.0 Å². The van der Waals surface area contributed by atoms with E-state index < -0.39 is 17.3 Å². The van der Waals surface area contributed by atoms with Crippen LogP contribution >= 0.6 is 0 Å². The number of carbonyl (C=O) groups excluding carboxylic acids is 2. The van der Waals surface area contributed by atoms with Crippen LogP contribution in [0.4, 0.5) is 5.69 Å². The summed E-state index contributed by atoms with van der Waals surface area (Å²) in [5, 5.41) is 2.90. The third-order valence-corrected chi connectivity index (χ3v) is 4.93. The van der Waals surface area contributed by atoms with Crippen molar-refractivity contribution in [2.45, 2.75) is 20.4 Å². The minimum atomic E-state index is -0.710. The monoisotopic (exact) mass is 455 g/mol. The number of rotatable bonds is 8. The van der Waals surface area contributed by atoms with Crippen LogP contribution in [0.15, 0.2) is 35.4 Å². The van der Waals surface area contributed by atoms with Crippen LogP contribution in [0.1, 0.15) is 34.6 Å². The molecule has 0 bridgehead atoms. The number of nitrogens with one attached hydrogen (secondary N) is 1. The third-order valence-electron chi connectivity index (χ3n) is 4.93. The van der Waals surface area contributed by atoms with Crippen molar-refractivity contribution in [1.29, 1.82) is 0 Å². The average molecular weight is 455 g/mol. The molecule has 1 amide bonds. The number of ether oxygens (including phenoxy) is 4. The van der Waals surface area contributed by atoms with Crippen molar-refractivity contribution in [1.82, 2.24) is 9.55 Å². The van der Waals surface area contributed by atoms with Crippen molar-refractivity contribution in [2.75, 3.05) is 33.3 Å². The van der Waals surface area contributed by atoms with Gasteiger partial charge in [0.25, 0.3) is 5.91 Å². The van der Waals surface area contributed by atoms with E-state index >= 15 is 0 Å². The van der Waals surface area contributed by atoms with Gasteiger partial charge in [0, 0.05) is 18.3 Å². The molecular formula is C23H25N3O7. The minimum Gasteiger partial charge on any atom is -0.493 e. The number of aryl methyl sites for hydroxylation is 1. The first-order valence-electron chi connectivity index (χ1n) is 10.2. The Morgan fingerprint density at radius 1 is 1.03 bits per heavy atom. The molecule has 174 valence electrons. The standard InChI is InChI=1S/C23H25N3O7/c1-6-26-12-16(23(29)33-7-2)19(27)15-10-14(11-24-21(15)26)25-22(28)13-8-17(30-3)20(32-5)18(9-13)31-4/h8-12H,6-7H2,1-5H3,(H,25,28). The first kappa shape index (κ1) is 23.6. The minimum absolute atomic E-state index is 0.0962. The second-order valence-corrected chi connectivity index (χ2v) is 6.84. The van der Waals surface area contributed by atoms with Gasteiger partial charge in [-0.05, 0) is 32.0 Å². The number of aromatic nitrogens is 2. The Labute approximate surface area is 190 Å². The number of anilines is 1. The summed E-state index contributed by atoms with van der Waals surface area (Å²) in [5.74, 6) is -0.186. The summed E-state index contributed by atoms with van der Waals surface area (Å²) in [6, 6.07) is 4.50. The highest BCUT2D eigenvalue weighted by molar-refractivity contribution is 6.05. The van der Waals surface area contributed by atoms with Gasteiger partial charge in [0.05, 0.1) is 45.2 Å². The van der Waals surface area contributed by atoms with Crippen LogP contribution in [0.25, 0.3) is 11.0 Å². The molecule has 0 atom stereocenters. The maximum atomic E-state index is 12.9. The summed E-state index contributed by atoms with van der Waals surface area (Å²) in [6.07, 6.45) is 2.87. The highest BCUT2D eigenvalue weighted by atomic mass is 16.5. The van der Waals surface area contributed by atoms with Gasteiger partial charge < -0.3 is 28.8 Å². The van der Waals surface area contributed by atoms with E-state index in [4.69, 9.17) is 18.9 Å². The number of nitrogens with zero attached hydrogens (tertiary/aromatic N) is 2. The molecule has 0 spiro atoms. The smallest absolute Gasteiger partial charge is 0.343 e. The summed E-state index contributed by atoms with van der Waals surface area (Å²) in [6.45, 7) is 4.15. The van der Waals surface area contributed by atoms with Gasteiger partial charge in [0.15, 0.2) is 11.5 Å². The fraction of sp³-hybridized carbons (Fsp3) is 0.304. The molecule has 10 heteroatoms. The Morgan fingerprint density at radius 2 is 1.70 bits per heavy atom. The van der Waals surface area contributed by atoms with Gasteiger partial charge in [-0.3, -0.25) is 9.59 Å². The Kier molecular flexibility index (Phi) is 7.17. The fourth-order valence-electron chi connectivity index (χ4n) is 3.35. The van der Waals surface area contributed by atoms with Gasteiger partial charge in [-0.1, -0.05) is 0 Å². The van der Waals surface area contributed by atoms with Gasteiger partial charge in [-0.15, -0.1) is 0 Å². The molecule has 0 aliphatic heterocycles.